The molecule has 0 fully saturated rings. The summed E-state index contributed by atoms with van der Waals surface area (Å²) in [4.78, 5) is 12.5. The lowest BCUT2D eigenvalue weighted by molar-refractivity contribution is -0.123. The summed E-state index contributed by atoms with van der Waals surface area (Å²) in [5.74, 6) is -0.0702. The van der Waals surface area contributed by atoms with E-state index in [2.05, 4.69) is 43.5 Å². The van der Waals surface area contributed by atoms with Gasteiger partial charge in [0.25, 0.3) is 0 Å². The first-order valence-electron chi connectivity index (χ1n) is 29.7. The molecule has 0 aliphatic carbocycles. The first kappa shape index (κ1) is 63.6. The van der Waals surface area contributed by atoms with E-state index in [1.807, 2.05) is 6.08 Å². The highest BCUT2D eigenvalue weighted by Crippen LogP contribution is 2.17. The second kappa shape index (κ2) is 56.9. The molecule has 0 aromatic carbocycles. The molecular weight excluding hydrogens is 795 g/mol. The van der Waals surface area contributed by atoms with Crippen LogP contribution in [0.3, 0.4) is 0 Å². The van der Waals surface area contributed by atoms with Crippen LogP contribution in [0.25, 0.3) is 0 Å². The highest BCUT2D eigenvalue weighted by Gasteiger charge is 2.18. The molecular formula is C61H117NO3. The van der Waals surface area contributed by atoms with Gasteiger partial charge in [0.15, 0.2) is 0 Å². The third kappa shape index (κ3) is 53.4. The van der Waals surface area contributed by atoms with Crippen LogP contribution < -0.4 is 5.32 Å². The third-order valence-electron chi connectivity index (χ3n) is 13.8. The minimum Gasteiger partial charge on any atom is -0.394 e. The van der Waals surface area contributed by atoms with Gasteiger partial charge in [0, 0.05) is 6.42 Å². The average Bonchev–Trinajstić information content (AvgIpc) is 3.31. The zero-order valence-corrected chi connectivity index (χ0v) is 44.3. The van der Waals surface area contributed by atoms with E-state index in [0.717, 1.165) is 32.1 Å². The number of hydrogen-bond donors (Lipinski definition) is 3. The van der Waals surface area contributed by atoms with Gasteiger partial charge in [-0.1, -0.05) is 301 Å². The Morgan fingerprint density at radius 1 is 0.354 bits per heavy atom. The van der Waals surface area contributed by atoms with Crippen molar-refractivity contribution in [2.24, 2.45) is 0 Å². The van der Waals surface area contributed by atoms with Gasteiger partial charge in [-0.3, -0.25) is 4.79 Å². The molecule has 0 saturated carbocycles. The number of rotatable bonds is 55. The van der Waals surface area contributed by atoms with Crippen LogP contribution in [0.5, 0.6) is 0 Å². The number of aliphatic hydroxyl groups is 2. The monoisotopic (exact) mass is 912 g/mol. The zero-order chi connectivity index (χ0) is 47.0. The van der Waals surface area contributed by atoms with Crippen molar-refractivity contribution in [2.45, 2.75) is 341 Å². The van der Waals surface area contributed by atoms with Gasteiger partial charge in [-0.2, -0.15) is 0 Å². The third-order valence-corrected chi connectivity index (χ3v) is 13.8. The highest BCUT2D eigenvalue weighted by atomic mass is 16.3. The Morgan fingerprint density at radius 2 is 0.600 bits per heavy atom. The van der Waals surface area contributed by atoms with Crippen LogP contribution >= 0.6 is 0 Å². The quantitative estimate of drug-likeness (QED) is 0.0421. The number of amides is 1. The largest absolute Gasteiger partial charge is 0.394 e. The van der Waals surface area contributed by atoms with Crippen LogP contribution in [-0.4, -0.2) is 34.9 Å². The second-order valence-corrected chi connectivity index (χ2v) is 20.4. The van der Waals surface area contributed by atoms with Crippen molar-refractivity contribution >= 4 is 5.91 Å². The Balaban J connectivity index is 3.49. The number of hydrogen-bond acceptors (Lipinski definition) is 3. The molecule has 0 aliphatic heterocycles. The fourth-order valence-corrected chi connectivity index (χ4v) is 9.31. The highest BCUT2D eigenvalue weighted by molar-refractivity contribution is 5.76. The number of aliphatic hydroxyl groups excluding tert-OH is 2. The molecule has 0 aromatic heterocycles. The average molecular weight is 913 g/mol. The van der Waals surface area contributed by atoms with Crippen LogP contribution in [0, 0.1) is 0 Å². The number of nitrogens with one attached hydrogen (secondary N) is 1. The van der Waals surface area contributed by atoms with Crippen molar-refractivity contribution in [3.8, 4) is 0 Å². The van der Waals surface area contributed by atoms with Crippen LogP contribution in [0.2, 0.25) is 0 Å². The van der Waals surface area contributed by atoms with Crippen LogP contribution in [0.15, 0.2) is 36.5 Å². The van der Waals surface area contributed by atoms with Crippen molar-refractivity contribution in [3.63, 3.8) is 0 Å². The topological polar surface area (TPSA) is 69.6 Å². The van der Waals surface area contributed by atoms with E-state index < -0.39 is 12.1 Å². The van der Waals surface area contributed by atoms with E-state index in [4.69, 9.17) is 0 Å². The van der Waals surface area contributed by atoms with Gasteiger partial charge >= 0.3 is 0 Å². The predicted octanol–water partition coefficient (Wildman–Crippen LogP) is 19.6. The smallest absolute Gasteiger partial charge is 0.220 e. The number of allylic oxidation sites excluding steroid dienone is 5. The fourth-order valence-electron chi connectivity index (χ4n) is 9.31. The molecule has 0 heterocycles. The Kier molecular flexibility index (Phi) is 55.7. The van der Waals surface area contributed by atoms with Gasteiger partial charge in [0.05, 0.1) is 18.8 Å². The Labute approximate surface area is 408 Å². The number of unbranched alkanes of at least 4 members (excludes halogenated alkanes) is 44. The first-order chi connectivity index (χ1) is 32.2. The van der Waals surface area contributed by atoms with Crippen LogP contribution in [0.1, 0.15) is 328 Å². The van der Waals surface area contributed by atoms with Gasteiger partial charge in [0.1, 0.15) is 0 Å². The Bertz CT molecular complexity index is 989. The molecule has 3 N–H and O–H groups in total. The molecule has 4 heteroatoms. The van der Waals surface area contributed by atoms with Gasteiger partial charge in [-0.25, -0.2) is 0 Å². The molecule has 0 aliphatic rings. The maximum atomic E-state index is 12.5. The lowest BCUT2D eigenvalue weighted by atomic mass is 10.0. The van der Waals surface area contributed by atoms with Crippen LogP contribution in [0.4, 0.5) is 0 Å². The molecule has 1 amide bonds. The van der Waals surface area contributed by atoms with Crippen molar-refractivity contribution in [1.29, 1.82) is 0 Å². The summed E-state index contributed by atoms with van der Waals surface area (Å²) in [7, 11) is 0. The fraction of sp³-hybridized carbons (Fsp3) is 0.885. The summed E-state index contributed by atoms with van der Waals surface area (Å²) in [6.45, 7) is 4.33. The van der Waals surface area contributed by atoms with Gasteiger partial charge in [-0.15, -0.1) is 0 Å². The standard InChI is InChI=1S/C61H117NO3/c1-3-5-7-9-11-13-15-17-19-21-23-25-27-28-29-30-31-32-33-35-36-38-40-42-44-46-48-50-52-54-56-60(64)59(58-63)62-61(65)57-55-53-51-49-47-45-43-41-39-37-34-26-24-22-20-18-16-14-12-10-8-6-4-2/h22,24,46,48,54,56,59-60,63-64H,3-21,23,25-45,47,49-53,55,57-58H2,1-2H3,(H,62,65)/b24-22-,48-46+,56-54+. The minimum atomic E-state index is -0.863. The lowest BCUT2D eigenvalue weighted by Crippen LogP contribution is -2.45. The molecule has 2 atom stereocenters. The Morgan fingerprint density at radius 3 is 0.892 bits per heavy atom. The normalized spacial score (nSPS) is 13.0. The van der Waals surface area contributed by atoms with Crippen molar-refractivity contribution < 1.29 is 15.0 Å². The number of carbonyl (C=O) groups is 1. The van der Waals surface area contributed by atoms with E-state index in [1.165, 1.54) is 276 Å². The van der Waals surface area contributed by atoms with Crippen molar-refractivity contribution in [2.75, 3.05) is 6.61 Å². The van der Waals surface area contributed by atoms with Gasteiger partial charge in [-0.05, 0) is 57.8 Å². The lowest BCUT2D eigenvalue weighted by Gasteiger charge is -2.19. The molecule has 384 valence electrons. The van der Waals surface area contributed by atoms with E-state index in [9.17, 15) is 15.0 Å². The van der Waals surface area contributed by atoms with E-state index in [-0.39, 0.29) is 12.5 Å². The summed E-state index contributed by atoms with van der Waals surface area (Å²) in [5.41, 5.74) is 0. The van der Waals surface area contributed by atoms with Gasteiger partial charge in [0.2, 0.25) is 5.91 Å². The van der Waals surface area contributed by atoms with Gasteiger partial charge < -0.3 is 15.5 Å². The Hall–Kier alpha value is -1.39. The summed E-state index contributed by atoms with van der Waals surface area (Å²) in [6.07, 6.45) is 77.6. The minimum absolute atomic E-state index is 0.0702. The second-order valence-electron chi connectivity index (χ2n) is 20.4. The maximum Gasteiger partial charge on any atom is 0.220 e. The summed E-state index contributed by atoms with van der Waals surface area (Å²) < 4.78 is 0. The summed E-state index contributed by atoms with van der Waals surface area (Å²) in [6, 6.07) is -0.640. The molecule has 65 heavy (non-hydrogen) atoms. The predicted molar refractivity (Wildman–Crippen MR) is 290 cm³/mol. The van der Waals surface area contributed by atoms with E-state index in [0.29, 0.717) is 6.42 Å². The number of carbonyl (C=O) groups excluding carboxylic acids is 1. The maximum absolute atomic E-state index is 12.5. The molecule has 0 saturated heterocycles. The summed E-state index contributed by atoms with van der Waals surface area (Å²) >= 11 is 0. The van der Waals surface area contributed by atoms with E-state index >= 15 is 0 Å². The molecule has 0 radical (unpaired) electrons. The SMILES string of the molecule is CCCCCCCCCC/C=C\CCCCCCCCCCCCCC(=O)NC(CO)C(O)/C=C/CC/C=C/CCCCCCCCCCCCCCCCCCCCCCCCCC. The molecule has 4 nitrogen and oxygen atoms in total. The molecule has 0 rings (SSSR count). The van der Waals surface area contributed by atoms with Crippen molar-refractivity contribution in [3.05, 3.63) is 36.5 Å². The van der Waals surface area contributed by atoms with E-state index in [1.54, 1.807) is 6.08 Å². The first-order valence-corrected chi connectivity index (χ1v) is 29.7. The molecule has 0 bridgehead atoms. The zero-order valence-electron chi connectivity index (χ0n) is 44.3. The molecule has 2 unspecified atom stereocenters. The molecule has 0 spiro atoms. The van der Waals surface area contributed by atoms with Crippen LogP contribution in [-0.2, 0) is 4.79 Å². The summed E-state index contributed by atoms with van der Waals surface area (Å²) in [5, 5.41) is 23.2. The molecule has 0 aromatic rings. The van der Waals surface area contributed by atoms with Crippen molar-refractivity contribution in [1.82, 2.24) is 5.32 Å².